The molecular weight excluding hydrogens is 300 g/mol. The van der Waals surface area contributed by atoms with Gasteiger partial charge < -0.3 is 5.32 Å². The molecule has 0 radical (unpaired) electrons. The smallest absolute Gasteiger partial charge is 0.225 e. The van der Waals surface area contributed by atoms with Crippen molar-refractivity contribution in [3.05, 3.63) is 29.3 Å². The number of sulfonamides is 1. The Balaban J connectivity index is 1.99. The zero-order valence-electron chi connectivity index (χ0n) is 13.4. The van der Waals surface area contributed by atoms with Crippen LogP contribution in [0.25, 0.3) is 0 Å². The maximum Gasteiger partial charge on any atom is 0.225 e. The molecule has 0 unspecified atom stereocenters. The van der Waals surface area contributed by atoms with E-state index in [0.717, 1.165) is 36.1 Å². The maximum absolute atomic E-state index is 12.2. The van der Waals surface area contributed by atoms with Crippen LogP contribution >= 0.6 is 0 Å². The number of nitrogens with one attached hydrogen (secondary N) is 1. The molecule has 5 nitrogen and oxygen atoms in total. The number of amides is 1. The Bertz CT molecular complexity index is 651. The van der Waals surface area contributed by atoms with Gasteiger partial charge in [-0.15, -0.1) is 0 Å². The first-order chi connectivity index (χ1) is 10.3. The summed E-state index contributed by atoms with van der Waals surface area (Å²) in [6.07, 6.45) is 4.02. The van der Waals surface area contributed by atoms with Crippen LogP contribution in [0.15, 0.2) is 18.2 Å². The summed E-state index contributed by atoms with van der Waals surface area (Å²) >= 11 is 0. The van der Waals surface area contributed by atoms with Crippen LogP contribution in [0.1, 0.15) is 37.3 Å². The van der Waals surface area contributed by atoms with Crippen LogP contribution in [-0.2, 0) is 21.2 Å². The molecule has 1 amide bonds. The standard InChI is InChI=1S/C16H24N2O3S/c1-4-13-7-5-6-12(2)16(13)17-15(19)10-11-18(14-8-9-14)22(3,20)21/h5-7,14H,4,8-11H2,1-3H3,(H,17,19). The van der Waals surface area contributed by atoms with E-state index in [-0.39, 0.29) is 24.9 Å². The van der Waals surface area contributed by atoms with Gasteiger partial charge in [0.2, 0.25) is 15.9 Å². The Hall–Kier alpha value is -1.40. The Morgan fingerprint density at radius 3 is 2.59 bits per heavy atom. The average molecular weight is 324 g/mol. The van der Waals surface area contributed by atoms with Gasteiger partial charge in [0.15, 0.2) is 0 Å². The molecule has 1 aliphatic rings. The summed E-state index contributed by atoms with van der Waals surface area (Å²) in [5.74, 6) is -0.140. The molecule has 1 aliphatic carbocycles. The van der Waals surface area contributed by atoms with Crippen molar-refractivity contribution in [3.63, 3.8) is 0 Å². The van der Waals surface area contributed by atoms with E-state index in [1.807, 2.05) is 32.0 Å². The van der Waals surface area contributed by atoms with E-state index in [1.54, 1.807) is 0 Å². The average Bonchev–Trinajstić information content (AvgIpc) is 3.24. The number of aryl methyl sites for hydroxylation is 2. The fourth-order valence-electron chi connectivity index (χ4n) is 2.60. The van der Waals surface area contributed by atoms with Crippen LogP contribution in [-0.4, -0.2) is 37.5 Å². The van der Waals surface area contributed by atoms with Crippen LogP contribution in [0, 0.1) is 6.92 Å². The van der Waals surface area contributed by atoms with Crippen molar-refractivity contribution in [2.24, 2.45) is 0 Å². The second kappa shape index (κ2) is 6.79. The maximum atomic E-state index is 12.2. The molecule has 2 rings (SSSR count). The Labute approximate surface area is 132 Å². The largest absolute Gasteiger partial charge is 0.326 e. The number of rotatable bonds is 7. The van der Waals surface area contributed by atoms with Gasteiger partial charge in [0.05, 0.1) is 6.26 Å². The molecule has 0 saturated heterocycles. The molecule has 1 aromatic rings. The monoisotopic (exact) mass is 324 g/mol. The molecule has 1 N–H and O–H groups in total. The highest BCUT2D eigenvalue weighted by atomic mass is 32.2. The van der Waals surface area contributed by atoms with Crippen LogP contribution < -0.4 is 5.32 Å². The van der Waals surface area contributed by atoms with Crippen molar-refractivity contribution >= 4 is 21.6 Å². The predicted octanol–water partition coefficient (Wildman–Crippen LogP) is 2.31. The zero-order chi connectivity index (χ0) is 16.3. The highest BCUT2D eigenvalue weighted by molar-refractivity contribution is 7.88. The normalized spacial score (nSPS) is 15.1. The number of hydrogen-bond donors (Lipinski definition) is 1. The zero-order valence-corrected chi connectivity index (χ0v) is 14.2. The molecule has 0 bridgehead atoms. The van der Waals surface area contributed by atoms with Gasteiger partial charge in [0.25, 0.3) is 0 Å². The van der Waals surface area contributed by atoms with E-state index in [2.05, 4.69) is 5.32 Å². The van der Waals surface area contributed by atoms with Crippen LogP contribution in [0.3, 0.4) is 0 Å². The van der Waals surface area contributed by atoms with Crippen LogP contribution in [0.5, 0.6) is 0 Å². The van der Waals surface area contributed by atoms with Crippen molar-refractivity contribution in [2.75, 3.05) is 18.1 Å². The minimum absolute atomic E-state index is 0.0902. The first-order valence-corrected chi connectivity index (χ1v) is 9.53. The lowest BCUT2D eigenvalue weighted by atomic mass is 10.1. The molecule has 0 spiro atoms. The van der Waals surface area contributed by atoms with Crippen molar-refractivity contribution in [2.45, 2.75) is 45.6 Å². The van der Waals surface area contributed by atoms with E-state index in [1.165, 1.54) is 10.6 Å². The van der Waals surface area contributed by atoms with Gasteiger partial charge in [-0.3, -0.25) is 4.79 Å². The van der Waals surface area contributed by atoms with Crippen LogP contribution in [0.4, 0.5) is 5.69 Å². The Kier molecular flexibility index (Phi) is 5.24. The van der Waals surface area contributed by atoms with Gasteiger partial charge in [0.1, 0.15) is 0 Å². The summed E-state index contributed by atoms with van der Waals surface area (Å²) in [6.45, 7) is 4.26. The van der Waals surface area contributed by atoms with Crippen molar-refractivity contribution < 1.29 is 13.2 Å². The van der Waals surface area contributed by atoms with Gasteiger partial charge in [-0.25, -0.2) is 8.42 Å². The third-order valence-corrected chi connectivity index (χ3v) is 5.28. The van der Waals surface area contributed by atoms with Gasteiger partial charge in [-0.05, 0) is 37.3 Å². The fraction of sp³-hybridized carbons (Fsp3) is 0.562. The molecule has 6 heteroatoms. The van der Waals surface area contributed by atoms with E-state index < -0.39 is 10.0 Å². The lowest BCUT2D eigenvalue weighted by molar-refractivity contribution is -0.116. The number of carbonyl (C=O) groups is 1. The number of nitrogens with zero attached hydrogens (tertiary/aromatic N) is 1. The van der Waals surface area contributed by atoms with Crippen LogP contribution in [0.2, 0.25) is 0 Å². The molecule has 0 atom stereocenters. The second-order valence-electron chi connectivity index (χ2n) is 5.87. The first kappa shape index (κ1) is 17.0. The third kappa shape index (κ3) is 4.30. The van der Waals surface area contributed by atoms with E-state index in [0.29, 0.717) is 0 Å². The van der Waals surface area contributed by atoms with E-state index in [4.69, 9.17) is 0 Å². The Morgan fingerprint density at radius 2 is 2.05 bits per heavy atom. The van der Waals surface area contributed by atoms with Crippen molar-refractivity contribution in [1.29, 1.82) is 0 Å². The number of hydrogen-bond acceptors (Lipinski definition) is 3. The molecule has 1 aromatic carbocycles. The van der Waals surface area contributed by atoms with Gasteiger partial charge >= 0.3 is 0 Å². The highest BCUT2D eigenvalue weighted by Gasteiger charge is 2.34. The number of anilines is 1. The van der Waals surface area contributed by atoms with E-state index >= 15 is 0 Å². The molecule has 22 heavy (non-hydrogen) atoms. The SMILES string of the molecule is CCc1cccc(C)c1NC(=O)CCN(C1CC1)S(C)(=O)=O. The third-order valence-electron chi connectivity index (χ3n) is 3.94. The molecule has 1 saturated carbocycles. The first-order valence-electron chi connectivity index (χ1n) is 7.68. The molecule has 122 valence electrons. The molecular formula is C16H24N2O3S. The van der Waals surface area contributed by atoms with Crippen molar-refractivity contribution in [3.8, 4) is 0 Å². The summed E-state index contributed by atoms with van der Waals surface area (Å²) in [7, 11) is -3.24. The van der Waals surface area contributed by atoms with Crippen molar-refractivity contribution in [1.82, 2.24) is 4.31 Å². The lowest BCUT2D eigenvalue weighted by Gasteiger charge is -2.19. The van der Waals surface area contributed by atoms with Gasteiger partial charge in [0, 0.05) is 24.7 Å². The molecule has 0 aromatic heterocycles. The minimum Gasteiger partial charge on any atom is -0.326 e. The molecule has 0 heterocycles. The summed E-state index contributed by atoms with van der Waals surface area (Å²) in [5.41, 5.74) is 2.97. The molecule has 1 fully saturated rings. The predicted molar refractivity (Wildman–Crippen MR) is 88.4 cm³/mol. The highest BCUT2D eigenvalue weighted by Crippen LogP contribution is 2.29. The van der Waals surface area contributed by atoms with Gasteiger partial charge in [-0.2, -0.15) is 4.31 Å². The number of para-hydroxylation sites is 1. The summed E-state index contributed by atoms with van der Waals surface area (Å²) < 4.78 is 24.9. The van der Waals surface area contributed by atoms with Gasteiger partial charge in [-0.1, -0.05) is 25.1 Å². The summed E-state index contributed by atoms with van der Waals surface area (Å²) in [4.78, 5) is 12.2. The second-order valence-corrected chi connectivity index (χ2v) is 7.80. The lowest BCUT2D eigenvalue weighted by Crippen LogP contribution is -2.34. The van der Waals surface area contributed by atoms with E-state index in [9.17, 15) is 13.2 Å². The topological polar surface area (TPSA) is 66.5 Å². The fourth-order valence-corrected chi connectivity index (χ4v) is 3.77. The minimum atomic E-state index is -3.24. The number of benzene rings is 1. The number of carbonyl (C=O) groups excluding carboxylic acids is 1. The Morgan fingerprint density at radius 1 is 1.36 bits per heavy atom. The summed E-state index contributed by atoms with van der Waals surface area (Å²) in [5, 5.41) is 2.94. The molecule has 0 aliphatic heterocycles. The summed E-state index contributed by atoms with van der Waals surface area (Å²) in [6, 6.07) is 6.02. The quantitative estimate of drug-likeness (QED) is 0.837.